The predicted molar refractivity (Wildman–Crippen MR) is 76.1 cm³/mol. The highest BCUT2D eigenvalue weighted by Crippen LogP contribution is 2.30. The molecule has 2 heteroatoms. The third kappa shape index (κ3) is 2.60. The molecule has 1 N–H and O–H groups in total. The Hall–Kier alpha value is -0.860. The van der Waals surface area contributed by atoms with Crippen molar-refractivity contribution in [2.45, 2.75) is 31.1 Å². The van der Waals surface area contributed by atoms with Crippen molar-refractivity contribution in [3.05, 3.63) is 35.4 Å². The summed E-state index contributed by atoms with van der Waals surface area (Å²) in [4.78, 5) is 2.44. The smallest absolute Gasteiger partial charge is 0.00477 e. The first kappa shape index (κ1) is 12.2. The minimum atomic E-state index is 0.734. The third-order valence-corrected chi connectivity index (χ3v) is 4.54. The van der Waals surface area contributed by atoms with Crippen LogP contribution < -0.4 is 5.32 Å². The van der Waals surface area contributed by atoms with Crippen molar-refractivity contribution in [3.63, 3.8) is 0 Å². The Morgan fingerprint density at radius 1 is 1.17 bits per heavy atom. The second-order valence-corrected chi connectivity index (χ2v) is 5.96. The molecule has 2 heterocycles. The molecule has 3 rings (SSSR count). The van der Waals surface area contributed by atoms with Gasteiger partial charge in [0.2, 0.25) is 0 Å². The summed E-state index contributed by atoms with van der Waals surface area (Å²) in [5, 5.41) is 3.52. The van der Waals surface area contributed by atoms with Crippen molar-refractivity contribution in [2.24, 2.45) is 0 Å². The van der Waals surface area contributed by atoms with E-state index >= 15 is 0 Å². The van der Waals surface area contributed by atoms with Gasteiger partial charge in [0.25, 0.3) is 0 Å². The average molecular weight is 244 g/mol. The van der Waals surface area contributed by atoms with Crippen LogP contribution in [0.25, 0.3) is 0 Å². The van der Waals surface area contributed by atoms with Gasteiger partial charge in [0, 0.05) is 13.1 Å². The van der Waals surface area contributed by atoms with E-state index in [9.17, 15) is 0 Å². The lowest BCUT2D eigenvalue weighted by atomic mass is 9.88. The number of hydrogen-bond donors (Lipinski definition) is 1. The van der Waals surface area contributed by atoms with Gasteiger partial charge in [-0.15, -0.1) is 0 Å². The third-order valence-electron chi connectivity index (χ3n) is 4.54. The maximum Gasteiger partial charge on any atom is 0.00477 e. The van der Waals surface area contributed by atoms with Crippen molar-refractivity contribution in [1.29, 1.82) is 0 Å². The van der Waals surface area contributed by atoms with Gasteiger partial charge in [0.15, 0.2) is 0 Å². The number of nitrogens with one attached hydrogen (secondary N) is 1. The minimum Gasteiger partial charge on any atom is -0.316 e. The molecule has 0 bridgehead atoms. The van der Waals surface area contributed by atoms with E-state index in [1.165, 1.54) is 38.9 Å². The quantitative estimate of drug-likeness (QED) is 0.860. The van der Waals surface area contributed by atoms with E-state index in [2.05, 4.69) is 41.5 Å². The van der Waals surface area contributed by atoms with Crippen molar-refractivity contribution in [2.75, 3.05) is 33.2 Å². The zero-order valence-corrected chi connectivity index (χ0v) is 11.4. The average Bonchev–Trinajstić information content (AvgIpc) is 2.87. The second kappa shape index (κ2) is 5.41. The first-order valence-corrected chi connectivity index (χ1v) is 7.32. The van der Waals surface area contributed by atoms with Crippen LogP contribution in [0.3, 0.4) is 0 Å². The Balaban J connectivity index is 1.76. The van der Waals surface area contributed by atoms with E-state index in [1.54, 1.807) is 11.1 Å². The van der Waals surface area contributed by atoms with Crippen LogP contribution in [0.4, 0.5) is 0 Å². The summed E-state index contributed by atoms with van der Waals surface area (Å²) >= 11 is 0. The number of hydrogen-bond acceptors (Lipinski definition) is 2. The molecule has 2 fully saturated rings. The molecule has 0 spiro atoms. The van der Waals surface area contributed by atoms with E-state index in [0.29, 0.717) is 0 Å². The molecule has 0 aromatic heterocycles. The first-order chi connectivity index (χ1) is 8.83. The number of likely N-dealkylation sites (tertiary alicyclic amines) is 1. The second-order valence-electron chi connectivity index (χ2n) is 5.96. The van der Waals surface area contributed by atoms with E-state index in [-0.39, 0.29) is 0 Å². The van der Waals surface area contributed by atoms with Crippen LogP contribution in [0, 0.1) is 0 Å². The summed E-state index contributed by atoms with van der Waals surface area (Å²) in [6, 6.07) is 9.38. The standard InChI is InChI=1S/C16H24N2/c1-18-9-7-16(12-18)14-5-2-4-13(10-14)15-6-3-8-17-11-15/h2,4-5,10,15-17H,3,6-9,11-12H2,1H3. The Morgan fingerprint density at radius 2 is 2.00 bits per heavy atom. The van der Waals surface area contributed by atoms with Crippen molar-refractivity contribution in [3.8, 4) is 0 Å². The summed E-state index contributed by atoms with van der Waals surface area (Å²) in [6.45, 7) is 4.84. The Morgan fingerprint density at radius 3 is 2.67 bits per heavy atom. The zero-order valence-electron chi connectivity index (χ0n) is 11.4. The van der Waals surface area contributed by atoms with E-state index in [0.717, 1.165) is 18.4 Å². The van der Waals surface area contributed by atoms with E-state index < -0.39 is 0 Å². The van der Waals surface area contributed by atoms with Crippen LogP contribution in [0.15, 0.2) is 24.3 Å². The van der Waals surface area contributed by atoms with Gasteiger partial charge >= 0.3 is 0 Å². The van der Waals surface area contributed by atoms with Gasteiger partial charge < -0.3 is 10.2 Å². The Labute approximate surface area is 110 Å². The zero-order chi connectivity index (χ0) is 12.4. The molecule has 18 heavy (non-hydrogen) atoms. The van der Waals surface area contributed by atoms with Crippen molar-refractivity contribution >= 4 is 0 Å². The summed E-state index contributed by atoms with van der Waals surface area (Å²) in [5.41, 5.74) is 3.11. The maximum atomic E-state index is 3.52. The van der Waals surface area contributed by atoms with Crippen LogP contribution in [0.1, 0.15) is 42.2 Å². The lowest BCUT2D eigenvalue weighted by molar-refractivity contribution is 0.411. The highest BCUT2D eigenvalue weighted by Gasteiger charge is 2.22. The molecule has 0 radical (unpaired) electrons. The topological polar surface area (TPSA) is 15.3 Å². The SMILES string of the molecule is CN1CCC(c2cccc(C3CCCNC3)c2)C1. The lowest BCUT2D eigenvalue weighted by Crippen LogP contribution is -2.28. The van der Waals surface area contributed by atoms with Gasteiger partial charge in [-0.25, -0.2) is 0 Å². The van der Waals surface area contributed by atoms with Crippen LogP contribution in [-0.4, -0.2) is 38.1 Å². The molecule has 2 nitrogen and oxygen atoms in total. The van der Waals surface area contributed by atoms with Crippen LogP contribution >= 0.6 is 0 Å². The molecule has 98 valence electrons. The fraction of sp³-hybridized carbons (Fsp3) is 0.625. The summed E-state index contributed by atoms with van der Waals surface area (Å²) in [7, 11) is 2.23. The van der Waals surface area contributed by atoms with Crippen LogP contribution in [0.5, 0.6) is 0 Å². The van der Waals surface area contributed by atoms with E-state index in [4.69, 9.17) is 0 Å². The predicted octanol–water partition coefficient (Wildman–Crippen LogP) is 2.57. The maximum absolute atomic E-state index is 3.52. The molecule has 2 atom stereocenters. The molecule has 2 aliphatic rings. The lowest BCUT2D eigenvalue weighted by Gasteiger charge is -2.24. The normalized spacial score (nSPS) is 29.6. The number of benzene rings is 1. The van der Waals surface area contributed by atoms with Gasteiger partial charge in [-0.05, 0) is 62.4 Å². The van der Waals surface area contributed by atoms with Gasteiger partial charge in [-0.2, -0.15) is 0 Å². The van der Waals surface area contributed by atoms with Crippen molar-refractivity contribution in [1.82, 2.24) is 10.2 Å². The van der Waals surface area contributed by atoms with Crippen LogP contribution in [0.2, 0.25) is 0 Å². The van der Waals surface area contributed by atoms with Gasteiger partial charge in [-0.1, -0.05) is 24.3 Å². The summed E-state index contributed by atoms with van der Waals surface area (Å²) in [6.07, 6.45) is 3.99. The number of nitrogens with zero attached hydrogens (tertiary/aromatic N) is 1. The minimum absolute atomic E-state index is 0.734. The van der Waals surface area contributed by atoms with Crippen molar-refractivity contribution < 1.29 is 0 Å². The molecule has 2 unspecified atom stereocenters. The molecular weight excluding hydrogens is 220 g/mol. The van der Waals surface area contributed by atoms with Gasteiger partial charge in [0.05, 0.1) is 0 Å². The monoisotopic (exact) mass is 244 g/mol. The fourth-order valence-corrected chi connectivity index (χ4v) is 3.41. The summed E-state index contributed by atoms with van der Waals surface area (Å²) < 4.78 is 0. The number of rotatable bonds is 2. The van der Waals surface area contributed by atoms with E-state index in [1.807, 2.05) is 0 Å². The molecule has 1 aromatic rings. The number of likely N-dealkylation sites (N-methyl/N-ethyl adjacent to an activating group) is 1. The van der Waals surface area contributed by atoms with Gasteiger partial charge in [0.1, 0.15) is 0 Å². The van der Waals surface area contributed by atoms with Gasteiger partial charge in [-0.3, -0.25) is 0 Å². The fourth-order valence-electron chi connectivity index (χ4n) is 3.41. The highest BCUT2D eigenvalue weighted by atomic mass is 15.1. The summed E-state index contributed by atoms with van der Waals surface area (Å²) in [5.74, 6) is 1.49. The molecule has 0 aliphatic carbocycles. The Kier molecular flexibility index (Phi) is 3.67. The van der Waals surface area contributed by atoms with Crippen LogP contribution in [-0.2, 0) is 0 Å². The molecule has 1 aromatic carbocycles. The highest BCUT2D eigenvalue weighted by molar-refractivity contribution is 5.30. The molecular formula is C16H24N2. The largest absolute Gasteiger partial charge is 0.316 e. The molecule has 2 saturated heterocycles. The molecule has 2 aliphatic heterocycles. The molecule has 0 amide bonds. The first-order valence-electron chi connectivity index (χ1n) is 7.32. The number of piperidine rings is 1. The Bertz CT molecular complexity index is 376. The molecule has 0 saturated carbocycles.